The van der Waals surface area contributed by atoms with Crippen molar-refractivity contribution in [3.8, 4) is 11.5 Å². The number of rotatable bonds is 8. The fraction of sp³-hybridized carbons (Fsp3) is 0.459. The SMILES string of the molecule is C=C(C)[C@@]12C[C@@H](C)[C@]34O[C@@](Cc5ccccc5)(O[C@H]1[C@@H]3C=C(COC(=O)Cc1cc(O)cc(OC)c1)C[C@]1(O)C(=O)C(C)=C[C@@H]41)O2. The zero-order chi connectivity index (χ0) is 32.6. The van der Waals surface area contributed by atoms with Gasteiger partial charge in [0.15, 0.2) is 5.78 Å². The van der Waals surface area contributed by atoms with E-state index < -0.39 is 46.7 Å². The van der Waals surface area contributed by atoms with E-state index in [1.165, 1.54) is 19.2 Å². The molecule has 0 spiro atoms. The Morgan fingerprint density at radius 2 is 1.87 bits per heavy atom. The molecule has 9 heteroatoms. The van der Waals surface area contributed by atoms with Gasteiger partial charge in [-0.15, -0.1) is 0 Å². The number of phenols is 1. The van der Waals surface area contributed by atoms with Gasteiger partial charge in [-0.2, -0.15) is 0 Å². The minimum atomic E-state index is -1.81. The molecule has 9 nitrogen and oxygen atoms in total. The molecule has 3 bridgehead atoms. The Labute approximate surface area is 268 Å². The van der Waals surface area contributed by atoms with Gasteiger partial charge < -0.3 is 33.9 Å². The van der Waals surface area contributed by atoms with Gasteiger partial charge in [0, 0.05) is 24.3 Å². The fourth-order valence-corrected chi connectivity index (χ4v) is 8.74. The number of methoxy groups -OCH3 is 1. The van der Waals surface area contributed by atoms with E-state index in [-0.39, 0.29) is 36.9 Å². The van der Waals surface area contributed by atoms with Gasteiger partial charge in [0.2, 0.25) is 0 Å². The molecule has 46 heavy (non-hydrogen) atoms. The van der Waals surface area contributed by atoms with Crippen molar-refractivity contribution in [1.29, 1.82) is 0 Å². The summed E-state index contributed by atoms with van der Waals surface area (Å²) < 4.78 is 31.8. The van der Waals surface area contributed by atoms with Crippen LogP contribution in [0.4, 0.5) is 0 Å². The van der Waals surface area contributed by atoms with Crippen LogP contribution < -0.4 is 4.74 Å². The molecule has 2 aromatic rings. The lowest BCUT2D eigenvalue weighted by atomic mass is 9.55. The van der Waals surface area contributed by atoms with E-state index in [2.05, 4.69) is 13.5 Å². The summed E-state index contributed by atoms with van der Waals surface area (Å²) in [6, 6.07) is 14.4. The molecule has 242 valence electrons. The molecule has 0 radical (unpaired) electrons. The first-order valence-corrected chi connectivity index (χ1v) is 15.8. The Bertz CT molecular complexity index is 1680. The molecule has 2 aromatic carbocycles. The van der Waals surface area contributed by atoms with E-state index >= 15 is 0 Å². The monoisotopic (exact) mass is 628 g/mol. The minimum Gasteiger partial charge on any atom is -0.508 e. The number of carbonyl (C=O) groups is 2. The van der Waals surface area contributed by atoms with Crippen molar-refractivity contribution in [1.82, 2.24) is 0 Å². The first-order chi connectivity index (χ1) is 21.8. The van der Waals surface area contributed by atoms with Gasteiger partial charge in [0.05, 0.1) is 25.6 Å². The maximum Gasteiger partial charge on any atom is 0.310 e. The lowest BCUT2D eigenvalue weighted by Gasteiger charge is -2.59. The molecule has 3 aliphatic carbocycles. The summed E-state index contributed by atoms with van der Waals surface area (Å²) in [5.74, 6) is -3.25. The third-order valence-corrected chi connectivity index (χ3v) is 10.7. The van der Waals surface area contributed by atoms with Crippen LogP contribution in [0.1, 0.15) is 44.7 Å². The number of aliphatic hydroxyl groups is 1. The van der Waals surface area contributed by atoms with Crippen LogP contribution in [0.15, 0.2) is 84.0 Å². The van der Waals surface area contributed by atoms with Crippen LogP contribution in [0.2, 0.25) is 0 Å². The first-order valence-electron chi connectivity index (χ1n) is 15.8. The highest BCUT2D eigenvalue weighted by molar-refractivity contribution is 6.04. The summed E-state index contributed by atoms with van der Waals surface area (Å²) in [4.78, 5) is 26.8. The second-order valence-corrected chi connectivity index (χ2v) is 13.7. The normalized spacial score (nSPS) is 37.1. The molecule has 7 rings (SSSR count). The van der Waals surface area contributed by atoms with Crippen LogP contribution in [-0.2, 0) is 41.4 Å². The van der Waals surface area contributed by atoms with E-state index in [1.54, 1.807) is 13.0 Å². The quantitative estimate of drug-likeness (QED) is 0.315. The Hall–Kier alpha value is -3.76. The molecule has 8 atom stereocenters. The number of hydrogen-bond acceptors (Lipinski definition) is 9. The van der Waals surface area contributed by atoms with Gasteiger partial charge in [0.1, 0.15) is 35.4 Å². The number of benzene rings is 2. The zero-order valence-electron chi connectivity index (χ0n) is 26.6. The van der Waals surface area contributed by atoms with Crippen LogP contribution in [0, 0.1) is 17.8 Å². The summed E-state index contributed by atoms with van der Waals surface area (Å²) in [7, 11) is 1.48. The van der Waals surface area contributed by atoms with Crippen molar-refractivity contribution in [3.63, 3.8) is 0 Å². The summed E-state index contributed by atoms with van der Waals surface area (Å²) in [6.07, 6.45) is 4.06. The number of hydrogen-bond donors (Lipinski definition) is 2. The highest BCUT2D eigenvalue weighted by atomic mass is 16.9. The Kier molecular flexibility index (Phi) is 7.14. The highest BCUT2D eigenvalue weighted by Gasteiger charge is 2.79. The van der Waals surface area contributed by atoms with E-state index in [1.807, 2.05) is 49.4 Å². The fourth-order valence-electron chi connectivity index (χ4n) is 8.74. The van der Waals surface area contributed by atoms with E-state index in [0.29, 0.717) is 35.3 Å². The number of phenolic OH excluding ortho intramolecular Hbond substituents is 1. The molecule has 5 aliphatic rings. The predicted octanol–water partition coefficient (Wildman–Crippen LogP) is 4.74. The second kappa shape index (κ2) is 10.6. The predicted molar refractivity (Wildman–Crippen MR) is 167 cm³/mol. The molecule has 0 unspecified atom stereocenters. The standard InChI is InChI=1S/C37H40O9/c1-21(2)35-17-23(4)37-29(33(35)44-36(45-35,46-37)19-24-9-7-6-8-10-24)14-26(18-34(41)30(37)11-22(3)32(34)40)20-43-31(39)15-25-12-27(38)16-28(13-25)42-5/h6-14,16,23,29-30,33,38,41H,1,15,17-20H2,2-5H3/t23-,29+,30-,33+,34-,35+,36+,37+/m1/s1. The molecular formula is C37H40O9. The molecule has 1 saturated carbocycles. The number of ether oxygens (including phenoxy) is 5. The van der Waals surface area contributed by atoms with Crippen molar-refractivity contribution in [2.75, 3.05) is 13.7 Å². The summed E-state index contributed by atoms with van der Waals surface area (Å²) in [5.41, 5.74) is -0.353. The maximum absolute atomic E-state index is 13.8. The lowest BCUT2D eigenvalue weighted by Crippen LogP contribution is -2.70. The largest absolute Gasteiger partial charge is 0.508 e. The first kappa shape index (κ1) is 30.9. The van der Waals surface area contributed by atoms with Crippen molar-refractivity contribution >= 4 is 11.8 Å². The Morgan fingerprint density at radius 3 is 2.59 bits per heavy atom. The second-order valence-electron chi connectivity index (χ2n) is 13.7. The van der Waals surface area contributed by atoms with E-state index in [4.69, 9.17) is 23.7 Å². The number of Topliss-reactive ketones (excluding diaryl/α,β-unsaturated/α-hetero) is 1. The average Bonchev–Trinajstić information content (AvgIpc) is 3.31. The van der Waals surface area contributed by atoms with Crippen molar-refractivity contribution < 1.29 is 43.5 Å². The molecule has 3 fully saturated rings. The van der Waals surface area contributed by atoms with Gasteiger partial charge in [-0.1, -0.05) is 56.0 Å². The zero-order valence-corrected chi connectivity index (χ0v) is 26.6. The topological polar surface area (TPSA) is 121 Å². The molecule has 2 aliphatic heterocycles. The van der Waals surface area contributed by atoms with E-state index in [0.717, 1.165) is 11.1 Å². The number of ketones is 1. The summed E-state index contributed by atoms with van der Waals surface area (Å²) in [6.45, 7) is 9.96. The molecule has 0 amide bonds. The average molecular weight is 629 g/mol. The van der Waals surface area contributed by atoms with Crippen molar-refractivity contribution in [3.05, 3.63) is 95.1 Å². The lowest BCUT2D eigenvalue weighted by molar-refractivity contribution is -0.421. The molecular weight excluding hydrogens is 588 g/mol. The molecule has 0 aromatic heterocycles. The number of carbonyl (C=O) groups excluding carboxylic acids is 2. The summed E-state index contributed by atoms with van der Waals surface area (Å²) >= 11 is 0. The van der Waals surface area contributed by atoms with Crippen LogP contribution in [0.3, 0.4) is 0 Å². The third-order valence-electron chi connectivity index (χ3n) is 10.7. The van der Waals surface area contributed by atoms with Crippen LogP contribution in [-0.4, -0.2) is 64.6 Å². The number of fused-ring (bicyclic) bond motifs is 2. The molecule has 2 heterocycles. The van der Waals surface area contributed by atoms with E-state index in [9.17, 15) is 19.8 Å². The van der Waals surface area contributed by atoms with Gasteiger partial charge in [0.25, 0.3) is 5.97 Å². The van der Waals surface area contributed by atoms with Crippen molar-refractivity contribution in [2.24, 2.45) is 17.8 Å². The smallest absolute Gasteiger partial charge is 0.310 e. The molecule has 2 saturated heterocycles. The van der Waals surface area contributed by atoms with Crippen LogP contribution in [0.25, 0.3) is 0 Å². The minimum absolute atomic E-state index is 0.0226. The van der Waals surface area contributed by atoms with Gasteiger partial charge in [-0.3, -0.25) is 9.59 Å². The Balaban J connectivity index is 1.27. The maximum atomic E-state index is 13.8. The number of esters is 1. The highest BCUT2D eigenvalue weighted by Crippen LogP contribution is 2.68. The van der Waals surface area contributed by atoms with Crippen molar-refractivity contribution in [2.45, 2.75) is 75.3 Å². The van der Waals surface area contributed by atoms with Gasteiger partial charge >= 0.3 is 5.97 Å². The van der Waals surface area contributed by atoms with Gasteiger partial charge in [-0.25, -0.2) is 0 Å². The summed E-state index contributed by atoms with van der Waals surface area (Å²) in [5, 5.41) is 22.4. The van der Waals surface area contributed by atoms with Crippen LogP contribution >= 0.6 is 0 Å². The van der Waals surface area contributed by atoms with Gasteiger partial charge in [-0.05, 0) is 66.2 Å². The van der Waals surface area contributed by atoms with Crippen LogP contribution in [0.5, 0.6) is 11.5 Å². The Morgan fingerprint density at radius 1 is 1.11 bits per heavy atom. The molecule has 2 N–H and O–H groups in total. The number of aromatic hydroxyl groups is 1. The third kappa shape index (κ3) is 4.51.